The first-order valence-electron chi connectivity index (χ1n) is 6.28. The number of para-hydroxylation sites is 1. The molecule has 1 heterocycles. The van der Waals surface area contributed by atoms with Crippen molar-refractivity contribution in [2.24, 2.45) is 5.73 Å². The first-order valence-corrected chi connectivity index (χ1v) is 6.66. The zero-order chi connectivity index (χ0) is 14.1. The summed E-state index contributed by atoms with van der Waals surface area (Å²) in [4.78, 5) is 0. The van der Waals surface area contributed by atoms with Crippen LogP contribution in [0.1, 0.15) is 5.76 Å². The molecule has 0 amide bonds. The third kappa shape index (κ3) is 2.15. The molecule has 2 aromatic carbocycles. The highest BCUT2D eigenvalue weighted by atomic mass is 35.5. The van der Waals surface area contributed by atoms with Crippen LogP contribution >= 0.6 is 11.6 Å². The van der Waals surface area contributed by atoms with Crippen molar-refractivity contribution in [2.45, 2.75) is 6.54 Å². The molecule has 0 atom stereocenters. The molecule has 1 aromatic heterocycles. The van der Waals surface area contributed by atoms with E-state index in [4.69, 9.17) is 26.5 Å². The summed E-state index contributed by atoms with van der Waals surface area (Å²) < 4.78 is 11.2. The van der Waals surface area contributed by atoms with E-state index in [0.717, 1.165) is 33.6 Å². The fourth-order valence-electron chi connectivity index (χ4n) is 2.34. The van der Waals surface area contributed by atoms with Crippen LogP contribution in [0.2, 0.25) is 5.02 Å². The first-order chi connectivity index (χ1) is 9.72. The van der Waals surface area contributed by atoms with Gasteiger partial charge in [-0.05, 0) is 24.3 Å². The highest BCUT2D eigenvalue weighted by Gasteiger charge is 2.14. The molecule has 0 saturated carbocycles. The van der Waals surface area contributed by atoms with Crippen molar-refractivity contribution < 1.29 is 9.15 Å². The van der Waals surface area contributed by atoms with Crippen molar-refractivity contribution in [1.29, 1.82) is 0 Å². The quantitative estimate of drug-likeness (QED) is 0.784. The van der Waals surface area contributed by atoms with Crippen LogP contribution in [0.3, 0.4) is 0 Å². The maximum atomic E-state index is 6.21. The van der Waals surface area contributed by atoms with Crippen molar-refractivity contribution in [3.8, 4) is 16.9 Å². The van der Waals surface area contributed by atoms with Crippen LogP contribution in [0.4, 0.5) is 0 Å². The van der Waals surface area contributed by atoms with Gasteiger partial charge in [0.1, 0.15) is 17.1 Å². The average Bonchev–Trinajstić information content (AvgIpc) is 2.89. The summed E-state index contributed by atoms with van der Waals surface area (Å²) in [6, 6.07) is 13.4. The second-order valence-corrected chi connectivity index (χ2v) is 4.93. The molecule has 0 aliphatic carbocycles. The molecule has 102 valence electrons. The second kappa shape index (κ2) is 5.19. The van der Waals surface area contributed by atoms with Gasteiger partial charge in [-0.3, -0.25) is 0 Å². The van der Waals surface area contributed by atoms with E-state index in [1.807, 2.05) is 42.5 Å². The largest absolute Gasteiger partial charge is 0.496 e. The number of nitrogens with two attached hydrogens (primary N) is 1. The number of ether oxygens (including phenoxy) is 1. The summed E-state index contributed by atoms with van der Waals surface area (Å²) >= 11 is 6.21. The third-order valence-electron chi connectivity index (χ3n) is 3.23. The van der Waals surface area contributed by atoms with Crippen molar-refractivity contribution in [3.63, 3.8) is 0 Å². The Labute approximate surface area is 121 Å². The van der Waals surface area contributed by atoms with Gasteiger partial charge in [-0.15, -0.1) is 0 Å². The monoisotopic (exact) mass is 287 g/mol. The molecule has 0 radical (unpaired) electrons. The Morgan fingerprint density at radius 1 is 1.15 bits per heavy atom. The Hall–Kier alpha value is -1.97. The summed E-state index contributed by atoms with van der Waals surface area (Å²) in [6.45, 7) is 0.359. The minimum absolute atomic E-state index is 0.359. The Bertz CT molecular complexity index is 764. The number of benzene rings is 2. The molecule has 3 rings (SSSR count). The third-order valence-corrected chi connectivity index (χ3v) is 3.45. The van der Waals surface area contributed by atoms with Crippen LogP contribution in [0.25, 0.3) is 22.1 Å². The van der Waals surface area contributed by atoms with Gasteiger partial charge in [0.05, 0.1) is 13.7 Å². The average molecular weight is 288 g/mol. The van der Waals surface area contributed by atoms with Crippen molar-refractivity contribution in [3.05, 3.63) is 53.2 Å². The number of halogens is 1. The number of methoxy groups -OCH3 is 1. The van der Waals surface area contributed by atoms with Crippen molar-refractivity contribution >= 4 is 22.6 Å². The van der Waals surface area contributed by atoms with Crippen molar-refractivity contribution in [1.82, 2.24) is 0 Å². The molecule has 0 spiro atoms. The molecule has 0 fully saturated rings. The Morgan fingerprint density at radius 2 is 1.95 bits per heavy atom. The van der Waals surface area contributed by atoms with Gasteiger partial charge in [-0.25, -0.2) is 0 Å². The number of hydrogen-bond acceptors (Lipinski definition) is 3. The molecular formula is C16H14ClNO2. The number of fused-ring (bicyclic) bond motifs is 1. The predicted molar refractivity (Wildman–Crippen MR) is 81.1 cm³/mol. The van der Waals surface area contributed by atoms with Gasteiger partial charge in [0.2, 0.25) is 0 Å². The first kappa shape index (κ1) is 13.0. The smallest absolute Gasteiger partial charge is 0.142 e. The normalized spacial score (nSPS) is 10.9. The van der Waals surface area contributed by atoms with E-state index in [1.54, 1.807) is 7.11 Å². The van der Waals surface area contributed by atoms with E-state index in [9.17, 15) is 0 Å². The topological polar surface area (TPSA) is 48.4 Å². The van der Waals surface area contributed by atoms with Gasteiger partial charge in [-0.1, -0.05) is 29.8 Å². The highest BCUT2D eigenvalue weighted by molar-refractivity contribution is 6.32. The summed E-state index contributed by atoms with van der Waals surface area (Å²) in [5.74, 6) is 1.51. The predicted octanol–water partition coefficient (Wildman–Crippen LogP) is 4.22. The Kier molecular flexibility index (Phi) is 3.38. The maximum Gasteiger partial charge on any atom is 0.142 e. The second-order valence-electron chi connectivity index (χ2n) is 4.49. The van der Waals surface area contributed by atoms with Crippen LogP contribution in [-0.2, 0) is 6.54 Å². The minimum Gasteiger partial charge on any atom is -0.496 e. The van der Waals surface area contributed by atoms with Gasteiger partial charge in [0.15, 0.2) is 0 Å². The van der Waals surface area contributed by atoms with Gasteiger partial charge >= 0.3 is 0 Å². The highest BCUT2D eigenvalue weighted by Crippen LogP contribution is 2.38. The van der Waals surface area contributed by atoms with Crippen LogP contribution in [-0.4, -0.2) is 7.11 Å². The van der Waals surface area contributed by atoms with E-state index in [1.165, 1.54) is 0 Å². The number of hydrogen-bond donors (Lipinski definition) is 1. The van der Waals surface area contributed by atoms with Crippen molar-refractivity contribution in [2.75, 3.05) is 7.11 Å². The lowest BCUT2D eigenvalue weighted by Gasteiger charge is -2.09. The standard InChI is InChI=1S/C16H14ClNO2/c1-19-15-5-3-2-4-13(15)14-8-11(17)6-10-7-12(9-18)20-16(10)14/h2-8H,9,18H2,1H3. The zero-order valence-corrected chi connectivity index (χ0v) is 11.8. The lowest BCUT2D eigenvalue weighted by Crippen LogP contribution is -1.92. The van der Waals surface area contributed by atoms with E-state index in [-0.39, 0.29) is 0 Å². The van der Waals surface area contributed by atoms with E-state index >= 15 is 0 Å². The Balaban J connectivity index is 2.32. The summed E-state index contributed by atoms with van der Waals surface area (Å²) in [5, 5.41) is 1.60. The van der Waals surface area contributed by atoms with Gasteiger partial charge in [-0.2, -0.15) is 0 Å². The molecule has 4 heteroatoms. The van der Waals surface area contributed by atoms with Gasteiger partial charge < -0.3 is 14.9 Å². The SMILES string of the molecule is COc1ccccc1-c1cc(Cl)cc2cc(CN)oc12. The molecule has 0 aliphatic heterocycles. The van der Waals surface area contributed by atoms with Crippen LogP contribution in [0.5, 0.6) is 5.75 Å². The minimum atomic E-state index is 0.359. The number of furan rings is 1. The van der Waals surface area contributed by atoms with E-state index in [0.29, 0.717) is 11.6 Å². The molecule has 3 nitrogen and oxygen atoms in total. The lowest BCUT2D eigenvalue weighted by atomic mass is 10.0. The summed E-state index contributed by atoms with van der Waals surface area (Å²) in [5.41, 5.74) is 8.27. The fourth-order valence-corrected chi connectivity index (χ4v) is 2.56. The summed E-state index contributed by atoms with van der Waals surface area (Å²) in [6.07, 6.45) is 0. The molecule has 0 saturated heterocycles. The molecule has 20 heavy (non-hydrogen) atoms. The zero-order valence-electron chi connectivity index (χ0n) is 11.0. The maximum absolute atomic E-state index is 6.21. The molecule has 0 unspecified atom stereocenters. The molecule has 3 aromatic rings. The molecule has 0 bridgehead atoms. The lowest BCUT2D eigenvalue weighted by molar-refractivity contribution is 0.416. The van der Waals surface area contributed by atoms with Crippen LogP contribution in [0, 0.1) is 0 Å². The van der Waals surface area contributed by atoms with Gasteiger partial charge in [0, 0.05) is 21.5 Å². The number of rotatable bonds is 3. The molecule has 2 N–H and O–H groups in total. The summed E-state index contributed by atoms with van der Waals surface area (Å²) in [7, 11) is 1.65. The Morgan fingerprint density at radius 3 is 2.70 bits per heavy atom. The van der Waals surface area contributed by atoms with E-state index in [2.05, 4.69) is 0 Å². The molecular weight excluding hydrogens is 274 g/mol. The van der Waals surface area contributed by atoms with E-state index < -0.39 is 0 Å². The van der Waals surface area contributed by atoms with Crippen LogP contribution < -0.4 is 10.5 Å². The fraction of sp³-hybridized carbons (Fsp3) is 0.125. The van der Waals surface area contributed by atoms with Gasteiger partial charge in [0.25, 0.3) is 0 Å². The molecule has 0 aliphatic rings. The van der Waals surface area contributed by atoms with Crippen LogP contribution in [0.15, 0.2) is 46.9 Å².